The number of hydrogen-bond acceptors (Lipinski definition) is 10. The van der Waals surface area contributed by atoms with Crippen LogP contribution in [0.4, 0.5) is 0 Å². The molecule has 68 heavy (non-hydrogen) atoms. The average molecular weight is 967 g/mol. The Kier molecular flexibility index (Phi) is 18.7. The minimum absolute atomic E-state index is 0.0294. The SMILES string of the molecule is CC(C)(C)c1coc(-c2cccnc2)c1.CC(C)(C)c1coc(C(=O)NC2CC2)c1.CC(C)(C)c1coc(CN2CCNCC2)c1.CCP(=O)(CC)c1cccc(Sc2cc(C(C)(C)C)co2)c1. The van der Waals surface area contributed by atoms with Gasteiger partial charge in [0.2, 0.25) is 0 Å². The molecule has 2 N–H and O–H groups in total. The van der Waals surface area contributed by atoms with Crippen LogP contribution in [0.3, 0.4) is 0 Å². The van der Waals surface area contributed by atoms with Crippen molar-refractivity contribution < 1.29 is 27.0 Å². The number of furan rings is 4. The molecule has 0 bridgehead atoms. The van der Waals surface area contributed by atoms with E-state index in [4.69, 9.17) is 17.7 Å². The van der Waals surface area contributed by atoms with Crippen LogP contribution < -0.4 is 15.9 Å². The van der Waals surface area contributed by atoms with Gasteiger partial charge in [-0.25, -0.2) is 0 Å². The van der Waals surface area contributed by atoms with Crippen LogP contribution in [-0.2, 0) is 32.8 Å². The van der Waals surface area contributed by atoms with Crippen molar-refractivity contribution in [1.29, 1.82) is 0 Å². The summed E-state index contributed by atoms with van der Waals surface area (Å²) in [5, 5.41) is 8.12. The third-order valence-electron chi connectivity index (χ3n) is 12.1. The predicted octanol–water partition coefficient (Wildman–Crippen LogP) is 13.8. The Morgan fingerprint density at radius 1 is 0.721 bits per heavy atom. The Labute approximate surface area is 411 Å². The van der Waals surface area contributed by atoms with Gasteiger partial charge in [0.1, 0.15) is 18.7 Å². The third-order valence-corrected chi connectivity index (χ3v) is 16.3. The molecular weight excluding hydrogens is 888 g/mol. The van der Waals surface area contributed by atoms with E-state index >= 15 is 0 Å². The van der Waals surface area contributed by atoms with E-state index in [0.717, 1.165) is 83.5 Å². The van der Waals surface area contributed by atoms with Crippen molar-refractivity contribution >= 4 is 30.1 Å². The largest absolute Gasteiger partial charge is 0.468 e. The summed E-state index contributed by atoms with van der Waals surface area (Å²) in [7, 11) is -2.23. The molecule has 8 rings (SSSR count). The van der Waals surface area contributed by atoms with Crippen LogP contribution in [-0.4, -0.2) is 60.3 Å². The van der Waals surface area contributed by atoms with Gasteiger partial charge in [-0.1, -0.05) is 121 Å². The summed E-state index contributed by atoms with van der Waals surface area (Å²) in [4.78, 5) is 19.2. The molecule has 0 radical (unpaired) electrons. The van der Waals surface area contributed by atoms with Gasteiger partial charge in [0, 0.05) is 72.7 Å². The molecule has 370 valence electrons. The highest BCUT2D eigenvalue weighted by Gasteiger charge is 2.27. The van der Waals surface area contributed by atoms with E-state index in [2.05, 4.69) is 128 Å². The molecule has 2 fully saturated rings. The predicted molar refractivity (Wildman–Crippen MR) is 280 cm³/mol. The Balaban J connectivity index is 0.000000172. The van der Waals surface area contributed by atoms with Gasteiger partial charge >= 0.3 is 0 Å². The summed E-state index contributed by atoms with van der Waals surface area (Å²) in [6, 6.07) is 20.6. The highest BCUT2D eigenvalue weighted by molar-refractivity contribution is 7.99. The Morgan fingerprint density at radius 2 is 1.29 bits per heavy atom. The van der Waals surface area contributed by atoms with Crippen molar-refractivity contribution in [3.63, 3.8) is 0 Å². The van der Waals surface area contributed by atoms with Crippen LogP contribution in [0.2, 0.25) is 0 Å². The standard InChI is InChI=1S/C18H25O2PS.C13H22N2O.C13H15NO.C12H17NO2/c1-6-21(19,7-2)15-9-8-10-16(12-15)22-17-11-14(13-20-17)18(3,4)5;1-13(2,3)11-8-12(16-10-11)9-15-6-4-14-5-7-15;1-13(2,3)11-7-12(15-9-11)10-5-4-6-14-8-10;1-12(2,3)8-6-10(15-7-8)11(14)13-9-4-5-9/h8-13H,6-7H2,1-5H3;8,10,14H,4-7,9H2,1-3H3;4-9H,1-3H3;6-7,9H,4-5H2,1-3H3,(H,13,14). The second kappa shape index (κ2) is 23.4. The lowest BCUT2D eigenvalue weighted by molar-refractivity contribution is 0.0923. The normalized spacial score (nSPS) is 14.7. The van der Waals surface area contributed by atoms with Gasteiger partial charge < -0.3 is 32.9 Å². The smallest absolute Gasteiger partial charge is 0.287 e. The first-order valence-electron chi connectivity index (χ1n) is 24.2. The fourth-order valence-electron chi connectivity index (χ4n) is 6.94. The van der Waals surface area contributed by atoms with E-state index in [1.165, 1.54) is 16.7 Å². The number of hydrogen-bond donors (Lipinski definition) is 2. The Morgan fingerprint density at radius 3 is 1.82 bits per heavy atom. The molecular formula is C56H79N4O6PS. The van der Waals surface area contributed by atoms with Gasteiger partial charge in [0.05, 0.1) is 31.6 Å². The van der Waals surface area contributed by atoms with Gasteiger partial charge in [-0.3, -0.25) is 14.7 Å². The van der Waals surface area contributed by atoms with Crippen LogP contribution >= 0.6 is 18.9 Å². The van der Waals surface area contributed by atoms with Crippen LogP contribution in [0.5, 0.6) is 0 Å². The van der Waals surface area contributed by atoms with Crippen LogP contribution in [0, 0.1) is 0 Å². The molecule has 12 heteroatoms. The summed E-state index contributed by atoms with van der Waals surface area (Å²) in [6.45, 7) is 35.3. The topological polar surface area (TPSA) is 127 Å². The first-order valence-corrected chi connectivity index (χ1v) is 27.1. The fourth-order valence-corrected chi connectivity index (χ4v) is 9.78. The average Bonchev–Trinajstić information content (AvgIpc) is 3.83. The molecule has 1 saturated carbocycles. The van der Waals surface area contributed by atoms with Gasteiger partial charge in [-0.2, -0.15) is 0 Å². The van der Waals surface area contributed by atoms with E-state index < -0.39 is 7.14 Å². The fraction of sp³-hybridized carbons (Fsp3) is 0.500. The lowest BCUT2D eigenvalue weighted by Gasteiger charge is -2.26. The number of rotatable bonds is 10. The van der Waals surface area contributed by atoms with Crippen molar-refractivity contribution in [1.82, 2.24) is 20.5 Å². The molecule has 6 aromatic rings. The van der Waals surface area contributed by atoms with Crippen molar-refractivity contribution in [2.45, 2.75) is 154 Å². The first-order chi connectivity index (χ1) is 31.9. The first kappa shape index (κ1) is 54.4. The quantitative estimate of drug-likeness (QED) is 0.128. The number of benzene rings is 1. The zero-order chi connectivity index (χ0) is 49.9. The van der Waals surface area contributed by atoms with E-state index in [1.807, 2.05) is 75.2 Å². The number of nitrogens with zero attached hydrogens (tertiary/aromatic N) is 2. The lowest BCUT2D eigenvalue weighted by atomic mass is 9.89. The van der Waals surface area contributed by atoms with Crippen molar-refractivity contribution in [2.75, 3.05) is 38.5 Å². The molecule has 0 unspecified atom stereocenters. The van der Waals surface area contributed by atoms with Crippen LogP contribution in [0.15, 0.2) is 126 Å². The lowest BCUT2D eigenvalue weighted by Crippen LogP contribution is -2.42. The number of pyridine rings is 1. The van der Waals surface area contributed by atoms with E-state index in [1.54, 1.807) is 24.2 Å². The van der Waals surface area contributed by atoms with Crippen LogP contribution in [0.25, 0.3) is 11.3 Å². The summed E-state index contributed by atoms with van der Waals surface area (Å²) in [5.41, 5.74) is 6.20. The zero-order valence-corrected chi connectivity index (χ0v) is 45.1. The summed E-state index contributed by atoms with van der Waals surface area (Å²) in [6.07, 6.45) is 14.4. The van der Waals surface area contributed by atoms with E-state index in [-0.39, 0.29) is 27.6 Å². The second-order valence-electron chi connectivity index (χ2n) is 22.0. The van der Waals surface area contributed by atoms with Crippen LogP contribution in [0.1, 0.15) is 148 Å². The summed E-state index contributed by atoms with van der Waals surface area (Å²) in [5.74, 6) is 2.31. The molecule has 10 nitrogen and oxygen atoms in total. The molecule has 1 aliphatic heterocycles. The number of carbonyl (C=O) groups is 1. The molecule has 0 spiro atoms. The minimum Gasteiger partial charge on any atom is -0.468 e. The number of nitrogens with one attached hydrogen (secondary N) is 2. The molecule has 1 amide bonds. The maximum absolute atomic E-state index is 12.9. The number of piperazine rings is 1. The van der Waals surface area contributed by atoms with E-state index in [0.29, 0.717) is 24.1 Å². The van der Waals surface area contributed by atoms with Crippen molar-refractivity contribution in [2.24, 2.45) is 0 Å². The maximum atomic E-state index is 12.9. The molecule has 1 aromatic carbocycles. The molecule has 1 saturated heterocycles. The second-order valence-corrected chi connectivity index (χ2v) is 26.6. The van der Waals surface area contributed by atoms with E-state index in [9.17, 15) is 9.36 Å². The summed E-state index contributed by atoms with van der Waals surface area (Å²) >= 11 is 1.59. The highest BCUT2D eigenvalue weighted by atomic mass is 32.2. The Hall–Kier alpha value is -4.54. The molecule has 1 aliphatic carbocycles. The highest BCUT2D eigenvalue weighted by Crippen LogP contribution is 2.44. The van der Waals surface area contributed by atoms with Gasteiger partial charge in [-0.15, -0.1) is 0 Å². The van der Waals surface area contributed by atoms with Crippen molar-refractivity contribution in [3.05, 3.63) is 132 Å². The molecule has 2 aliphatic rings. The van der Waals surface area contributed by atoms with Gasteiger partial charge in [0.15, 0.2) is 10.9 Å². The number of carbonyl (C=O) groups excluding carboxylic acids is 1. The molecule has 5 aromatic heterocycles. The minimum atomic E-state index is -2.23. The molecule has 0 atom stereocenters. The molecule has 6 heterocycles. The Bertz CT molecular complexity index is 2510. The number of amides is 1. The van der Waals surface area contributed by atoms with Gasteiger partial charge in [-0.05, 0) is 105 Å². The zero-order valence-electron chi connectivity index (χ0n) is 43.4. The number of aromatic nitrogens is 1. The summed E-state index contributed by atoms with van der Waals surface area (Å²) < 4.78 is 35.0. The monoisotopic (exact) mass is 967 g/mol. The third kappa shape index (κ3) is 16.6. The maximum Gasteiger partial charge on any atom is 0.287 e. The van der Waals surface area contributed by atoms with Crippen molar-refractivity contribution in [3.8, 4) is 11.3 Å². The van der Waals surface area contributed by atoms with Gasteiger partial charge in [0.25, 0.3) is 5.91 Å².